The molecule has 1 unspecified atom stereocenters. The first-order chi connectivity index (χ1) is 12.1. The van der Waals surface area contributed by atoms with E-state index in [4.69, 9.17) is 9.47 Å². The van der Waals surface area contributed by atoms with Crippen molar-refractivity contribution in [2.75, 3.05) is 6.26 Å². The van der Waals surface area contributed by atoms with Crippen molar-refractivity contribution >= 4 is 27.1 Å². The van der Waals surface area contributed by atoms with Gasteiger partial charge in [0, 0.05) is 28.3 Å². The highest BCUT2D eigenvalue weighted by atomic mass is 32.2. The van der Waals surface area contributed by atoms with Gasteiger partial charge >= 0.3 is 5.97 Å². The first kappa shape index (κ1) is 18.8. The molecule has 1 aliphatic heterocycles. The van der Waals surface area contributed by atoms with Gasteiger partial charge in [-0.15, -0.1) is 11.3 Å². The van der Waals surface area contributed by atoms with Gasteiger partial charge in [0.25, 0.3) is 0 Å². The fourth-order valence-electron chi connectivity index (χ4n) is 3.20. The number of sulfone groups is 1. The molecule has 0 amide bonds. The fraction of sp³-hybridized carbons (Fsp3) is 0.444. The number of esters is 1. The molecule has 1 aliphatic carbocycles. The molecular formula is C18H21NO5S2. The third kappa shape index (κ3) is 3.61. The maximum Gasteiger partial charge on any atom is 0.374 e. The zero-order valence-corrected chi connectivity index (χ0v) is 16.7. The van der Waals surface area contributed by atoms with Crippen LogP contribution in [0.15, 0.2) is 45.5 Å². The van der Waals surface area contributed by atoms with E-state index in [1.54, 1.807) is 18.3 Å². The number of ether oxygens (including phenoxy) is 2. The number of hydrogen-bond acceptors (Lipinski definition) is 7. The monoisotopic (exact) mass is 395 g/mol. The zero-order chi connectivity index (χ0) is 19.1. The van der Waals surface area contributed by atoms with E-state index in [2.05, 4.69) is 4.98 Å². The molecule has 1 aromatic rings. The molecule has 0 saturated heterocycles. The molecule has 0 spiro atoms. The molecule has 1 aromatic heterocycles. The summed E-state index contributed by atoms with van der Waals surface area (Å²) in [4.78, 5) is 16.9. The quantitative estimate of drug-likeness (QED) is 0.713. The number of carbonyl (C=O) groups is 1. The smallest absolute Gasteiger partial charge is 0.374 e. The Kier molecular flexibility index (Phi) is 4.83. The van der Waals surface area contributed by atoms with Gasteiger partial charge in [-0.2, -0.15) is 0 Å². The van der Waals surface area contributed by atoms with Crippen LogP contribution in [-0.4, -0.2) is 31.2 Å². The summed E-state index contributed by atoms with van der Waals surface area (Å²) in [6.45, 7) is 5.74. The lowest BCUT2D eigenvalue weighted by Gasteiger charge is -2.28. The van der Waals surface area contributed by atoms with Crippen LogP contribution in [0.3, 0.4) is 0 Å². The molecule has 0 radical (unpaired) electrons. The van der Waals surface area contributed by atoms with Gasteiger partial charge in [0.05, 0.1) is 0 Å². The van der Waals surface area contributed by atoms with E-state index in [1.807, 2.05) is 26.2 Å². The summed E-state index contributed by atoms with van der Waals surface area (Å²) < 4.78 is 34.9. The lowest BCUT2D eigenvalue weighted by atomic mass is 9.81. The number of cyclic esters (lactones) is 1. The van der Waals surface area contributed by atoms with Gasteiger partial charge < -0.3 is 9.47 Å². The number of aromatic nitrogens is 1. The summed E-state index contributed by atoms with van der Waals surface area (Å²) in [5.74, 6) is -0.404. The zero-order valence-electron chi connectivity index (χ0n) is 15.1. The Balaban J connectivity index is 2.01. The Bertz CT molecular complexity index is 921. The first-order valence-electron chi connectivity index (χ1n) is 8.20. The summed E-state index contributed by atoms with van der Waals surface area (Å²) in [6.07, 6.45) is 6.64. The van der Waals surface area contributed by atoms with Crippen LogP contribution < -0.4 is 0 Å². The summed E-state index contributed by atoms with van der Waals surface area (Å²) in [7, 11) is -3.23. The van der Waals surface area contributed by atoms with Crippen LogP contribution in [0.4, 0.5) is 0 Å². The van der Waals surface area contributed by atoms with Gasteiger partial charge in [-0.3, -0.25) is 0 Å². The van der Waals surface area contributed by atoms with E-state index in [0.717, 1.165) is 10.6 Å². The second kappa shape index (κ2) is 6.66. The molecule has 0 bridgehead atoms. The van der Waals surface area contributed by atoms with Crippen molar-refractivity contribution < 1.29 is 22.7 Å². The standard InChI is InChI=1S/C18H21NO5S2/c1-11-9-12(26(4,21)22)5-6-13(11)15-16(17(20)24-18(15,2)3)23-10-14-19-7-8-25-14/h5-8,11H,9-10H2,1-4H3. The number of hydrogen-bond donors (Lipinski definition) is 0. The van der Waals surface area contributed by atoms with E-state index in [0.29, 0.717) is 16.9 Å². The Morgan fingerprint density at radius 1 is 1.38 bits per heavy atom. The topological polar surface area (TPSA) is 82.6 Å². The molecule has 140 valence electrons. The minimum absolute atomic E-state index is 0.0769. The van der Waals surface area contributed by atoms with Crippen molar-refractivity contribution in [3.05, 3.63) is 50.5 Å². The van der Waals surface area contributed by atoms with Gasteiger partial charge in [0.15, 0.2) is 9.84 Å². The third-order valence-electron chi connectivity index (χ3n) is 4.44. The van der Waals surface area contributed by atoms with Crippen LogP contribution in [0.5, 0.6) is 0 Å². The number of thiazole rings is 1. The lowest BCUT2D eigenvalue weighted by Crippen LogP contribution is -2.26. The summed E-state index contributed by atoms with van der Waals surface area (Å²) >= 11 is 1.45. The predicted octanol–water partition coefficient (Wildman–Crippen LogP) is 3.14. The van der Waals surface area contributed by atoms with Crippen molar-refractivity contribution in [1.29, 1.82) is 0 Å². The van der Waals surface area contributed by atoms with Gasteiger partial charge in [0.1, 0.15) is 17.2 Å². The number of nitrogens with zero attached hydrogens (tertiary/aromatic N) is 1. The van der Waals surface area contributed by atoms with Gasteiger partial charge in [-0.05, 0) is 37.8 Å². The lowest BCUT2D eigenvalue weighted by molar-refractivity contribution is -0.147. The SMILES string of the molecule is CC1CC(S(C)(=O)=O)=CC=C1C1=C(OCc2nccs2)C(=O)OC1(C)C. The largest absolute Gasteiger partial charge is 0.479 e. The van der Waals surface area contributed by atoms with Crippen LogP contribution in [0, 0.1) is 5.92 Å². The van der Waals surface area contributed by atoms with Crippen LogP contribution in [0.1, 0.15) is 32.2 Å². The fourth-order valence-corrected chi connectivity index (χ4v) is 4.60. The average Bonchev–Trinajstić information content (AvgIpc) is 3.10. The molecular weight excluding hydrogens is 374 g/mol. The highest BCUT2D eigenvalue weighted by Crippen LogP contribution is 2.43. The Morgan fingerprint density at radius 2 is 2.12 bits per heavy atom. The van der Waals surface area contributed by atoms with Crippen molar-refractivity contribution in [3.63, 3.8) is 0 Å². The van der Waals surface area contributed by atoms with Gasteiger partial charge in [-0.1, -0.05) is 13.0 Å². The molecule has 2 heterocycles. The summed E-state index contributed by atoms with van der Waals surface area (Å²) in [5, 5.41) is 2.60. The average molecular weight is 396 g/mol. The van der Waals surface area contributed by atoms with Crippen molar-refractivity contribution in [3.8, 4) is 0 Å². The number of allylic oxidation sites excluding steroid dienone is 3. The Labute approximate surface area is 157 Å². The molecule has 0 aromatic carbocycles. The Morgan fingerprint density at radius 3 is 2.69 bits per heavy atom. The molecule has 0 saturated carbocycles. The van der Waals surface area contributed by atoms with E-state index in [9.17, 15) is 13.2 Å². The van der Waals surface area contributed by atoms with Crippen molar-refractivity contribution in [1.82, 2.24) is 4.98 Å². The first-order valence-corrected chi connectivity index (χ1v) is 11.0. The minimum atomic E-state index is -3.23. The normalized spacial score (nSPS) is 22.8. The van der Waals surface area contributed by atoms with E-state index in [-0.39, 0.29) is 18.3 Å². The maximum atomic E-state index is 12.4. The molecule has 26 heavy (non-hydrogen) atoms. The highest BCUT2D eigenvalue weighted by Gasteiger charge is 2.45. The second-order valence-corrected chi connectivity index (χ2v) is 10.00. The molecule has 0 fully saturated rings. The summed E-state index contributed by atoms with van der Waals surface area (Å²) in [5.41, 5.74) is 0.698. The molecule has 6 nitrogen and oxygen atoms in total. The highest BCUT2D eigenvalue weighted by molar-refractivity contribution is 7.94. The van der Waals surface area contributed by atoms with Crippen LogP contribution in [-0.2, 0) is 30.7 Å². The number of carbonyl (C=O) groups excluding carboxylic acids is 1. The number of rotatable bonds is 5. The second-order valence-electron chi connectivity index (χ2n) is 6.95. The van der Waals surface area contributed by atoms with E-state index >= 15 is 0 Å². The van der Waals surface area contributed by atoms with Crippen molar-refractivity contribution in [2.45, 2.75) is 39.4 Å². The Hall–Kier alpha value is -1.93. The molecule has 2 aliphatic rings. The van der Waals surface area contributed by atoms with Gasteiger partial charge in [-0.25, -0.2) is 18.2 Å². The molecule has 8 heteroatoms. The van der Waals surface area contributed by atoms with Crippen LogP contribution in [0.25, 0.3) is 0 Å². The molecule has 1 atom stereocenters. The summed E-state index contributed by atoms with van der Waals surface area (Å²) in [6, 6.07) is 0. The van der Waals surface area contributed by atoms with Gasteiger partial charge in [0.2, 0.25) is 5.76 Å². The minimum Gasteiger partial charge on any atom is -0.479 e. The third-order valence-corrected chi connectivity index (χ3v) is 6.45. The van der Waals surface area contributed by atoms with E-state index in [1.165, 1.54) is 17.6 Å². The molecule has 3 rings (SSSR count). The van der Waals surface area contributed by atoms with Crippen molar-refractivity contribution in [2.24, 2.45) is 5.92 Å². The van der Waals surface area contributed by atoms with Crippen LogP contribution >= 0.6 is 11.3 Å². The maximum absolute atomic E-state index is 12.4. The van der Waals surface area contributed by atoms with E-state index < -0.39 is 21.4 Å². The van der Waals surface area contributed by atoms with Crippen LogP contribution in [0.2, 0.25) is 0 Å². The molecule has 0 N–H and O–H groups in total. The predicted molar refractivity (Wildman–Crippen MR) is 98.9 cm³/mol.